The molecule has 1 aromatic heterocycles. The second-order valence-electron chi connectivity index (χ2n) is 6.59. The lowest BCUT2D eigenvalue weighted by Crippen LogP contribution is -2.29. The maximum absolute atomic E-state index is 12.4. The lowest BCUT2D eigenvalue weighted by Gasteiger charge is -2.17. The van der Waals surface area contributed by atoms with E-state index in [-0.39, 0.29) is 11.9 Å². The third-order valence-electron chi connectivity index (χ3n) is 4.56. The summed E-state index contributed by atoms with van der Waals surface area (Å²) in [6.45, 7) is 7.11. The summed E-state index contributed by atoms with van der Waals surface area (Å²) in [5, 5.41) is 12.6. The molecule has 1 saturated carbocycles. The van der Waals surface area contributed by atoms with Gasteiger partial charge in [0.1, 0.15) is 5.82 Å². The molecule has 1 aliphatic carbocycles. The average Bonchev–Trinajstić information content (AvgIpc) is 3.38. The molecule has 0 bridgehead atoms. The van der Waals surface area contributed by atoms with Crippen LogP contribution in [0.1, 0.15) is 62.0 Å². The largest absolute Gasteiger partial charge is 0.349 e. The number of nitrogens with zero attached hydrogens (tertiary/aromatic N) is 3. The lowest BCUT2D eigenvalue weighted by atomic mass is 10.0. The fraction of sp³-hybridized carbons (Fsp3) is 0.526. The van der Waals surface area contributed by atoms with Crippen LogP contribution in [0.3, 0.4) is 0 Å². The third-order valence-corrected chi connectivity index (χ3v) is 5.53. The number of thioether (sulfide) groups is 1. The zero-order valence-corrected chi connectivity index (χ0v) is 16.0. The van der Waals surface area contributed by atoms with Gasteiger partial charge in [0.25, 0.3) is 0 Å². The summed E-state index contributed by atoms with van der Waals surface area (Å²) in [6, 6.07) is 8.41. The van der Waals surface area contributed by atoms with Crippen molar-refractivity contribution in [3.63, 3.8) is 0 Å². The minimum Gasteiger partial charge on any atom is -0.349 e. The molecular formula is C19H26N4OS. The van der Waals surface area contributed by atoms with Gasteiger partial charge < -0.3 is 9.88 Å². The van der Waals surface area contributed by atoms with E-state index in [4.69, 9.17) is 0 Å². The van der Waals surface area contributed by atoms with Crippen molar-refractivity contribution in [3.05, 3.63) is 41.2 Å². The van der Waals surface area contributed by atoms with Gasteiger partial charge in [-0.15, -0.1) is 10.2 Å². The predicted molar refractivity (Wildman–Crippen MR) is 101 cm³/mol. The van der Waals surface area contributed by atoms with Gasteiger partial charge in [0.2, 0.25) is 5.91 Å². The summed E-state index contributed by atoms with van der Waals surface area (Å²) >= 11 is 1.47. The highest BCUT2D eigenvalue weighted by molar-refractivity contribution is 7.99. The summed E-state index contributed by atoms with van der Waals surface area (Å²) in [5.74, 6) is 2.06. The van der Waals surface area contributed by atoms with Crippen LogP contribution < -0.4 is 5.32 Å². The van der Waals surface area contributed by atoms with Crippen LogP contribution in [0.4, 0.5) is 0 Å². The Hall–Kier alpha value is -1.82. The van der Waals surface area contributed by atoms with Crippen LogP contribution in [0.15, 0.2) is 29.4 Å². The number of nitrogens with one attached hydrogen (secondary N) is 1. The molecule has 0 spiro atoms. The molecule has 1 aliphatic rings. The maximum Gasteiger partial charge on any atom is 0.230 e. The van der Waals surface area contributed by atoms with E-state index in [0.29, 0.717) is 11.7 Å². The standard InChI is InChI=1S/C19H26N4OS/c1-4-16(14-8-6-13(3)7-9-14)20-17(24)12-25-19-22-21-18(15-10-11-15)23(19)5-2/h6-9,15-16H,4-5,10-12H2,1-3H3,(H,20,24)/t16-/m0/s1. The Morgan fingerprint density at radius 3 is 2.60 bits per heavy atom. The van der Waals surface area contributed by atoms with E-state index in [1.807, 2.05) is 0 Å². The molecule has 0 saturated heterocycles. The zero-order valence-electron chi connectivity index (χ0n) is 15.2. The molecule has 1 fully saturated rings. The van der Waals surface area contributed by atoms with Gasteiger partial charge in [-0.3, -0.25) is 4.79 Å². The Balaban J connectivity index is 1.58. The van der Waals surface area contributed by atoms with E-state index in [9.17, 15) is 4.79 Å². The molecule has 1 atom stereocenters. The number of carbonyl (C=O) groups excluding carboxylic acids is 1. The number of hydrogen-bond acceptors (Lipinski definition) is 4. The molecule has 0 aliphatic heterocycles. The molecule has 5 nitrogen and oxygen atoms in total. The minimum absolute atomic E-state index is 0.0380. The fourth-order valence-corrected chi connectivity index (χ4v) is 3.75. The van der Waals surface area contributed by atoms with Crippen LogP contribution >= 0.6 is 11.8 Å². The van der Waals surface area contributed by atoms with E-state index in [1.54, 1.807) is 0 Å². The first kappa shape index (κ1) is 18.0. The van der Waals surface area contributed by atoms with Crippen LogP contribution in [0, 0.1) is 6.92 Å². The highest BCUT2D eigenvalue weighted by Gasteiger charge is 2.30. The van der Waals surface area contributed by atoms with E-state index >= 15 is 0 Å². The number of amides is 1. The Morgan fingerprint density at radius 1 is 1.28 bits per heavy atom. The average molecular weight is 359 g/mol. The topological polar surface area (TPSA) is 59.8 Å². The lowest BCUT2D eigenvalue weighted by molar-refractivity contribution is -0.119. The van der Waals surface area contributed by atoms with Gasteiger partial charge in [-0.1, -0.05) is 48.5 Å². The summed E-state index contributed by atoms with van der Waals surface area (Å²) in [5.41, 5.74) is 2.38. The number of hydrogen-bond donors (Lipinski definition) is 1. The predicted octanol–water partition coefficient (Wildman–Crippen LogP) is 3.84. The molecule has 134 valence electrons. The summed E-state index contributed by atoms with van der Waals surface area (Å²) in [6.07, 6.45) is 3.28. The van der Waals surface area contributed by atoms with Crippen molar-refractivity contribution in [2.75, 3.05) is 5.75 Å². The summed E-state index contributed by atoms with van der Waals surface area (Å²) < 4.78 is 2.15. The van der Waals surface area contributed by atoms with Crippen LogP contribution in [0.25, 0.3) is 0 Å². The van der Waals surface area contributed by atoms with Crippen LogP contribution in [-0.4, -0.2) is 26.4 Å². The monoisotopic (exact) mass is 358 g/mol. The Kier molecular flexibility index (Phi) is 5.78. The van der Waals surface area contributed by atoms with Crippen LogP contribution in [0.2, 0.25) is 0 Å². The van der Waals surface area contributed by atoms with E-state index < -0.39 is 0 Å². The molecule has 1 amide bonds. The molecule has 0 unspecified atom stereocenters. The molecule has 0 radical (unpaired) electrons. The maximum atomic E-state index is 12.4. The molecule has 1 N–H and O–H groups in total. The van der Waals surface area contributed by atoms with Gasteiger partial charge in [0, 0.05) is 12.5 Å². The normalized spacial score (nSPS) is 15.2. The van der Waals surface area contributed by atoms with Crippen LogP contribution in [0.5, 0.6) is 0 Å². The SMILES string of the molecule is CC[C@H](NC(=O)CSc1nnc(C2CC2)n1CC)c1ccc(C)cc1. The Bertz CT molecular complexity index is 722. The van der Waals surface area contributed by atoms with Gasteiger partial charge in [0.05, 0.1) is 11.8 Å². The number of carbonyl (C=O) groups is 1. The summed E-state index contributed by atoms with van der Waals surface area (Å²) in [7, 11) is 0. The van der Waals surface area contributed by atoms with Crippen molar-refractivity contribution in [1.29, 1.82) is 0 Å². The van der Waals surface area contributed by atoms with Crippen molar-refractivity contribution in [3.8, 4) is 0 Å². The molecule has 1 heterocycles. The smallest absolute Gasteiger partial charge is 0.230 e. The Labute approximate surface area is 153 Å². The van der Waals surface area contributed by atoms with Gasteiger partial charge in [-0.2, -0.15) is 0 Å². The van der Waals surface area contributed by atoms with Gasteiger partial charge in [-0.05, 0) is 38.7 Å². The fourth-order valence-electron chi connectivity index (χ4n) is 2.93. The highest BCUT2D eigenvalue weighted by atomic mass is 32.2. The van der Waals surface area contributed by atoms with Crippen molar-refractivity contribution < 1.29 is 4.79 Å². The summed E-state index contributed by atoms with van der Waals surface area (Å²) in [4.78, 5) is 12.4. The Morgan fingerprint density at radius 2 is 2.00 bits per heavy atom. The molecule has 6 heteroatoms. The van der Waals surface area contributed by atoms with Crippen molar-refractivity contribution >= 4 is 17.7 Å². The first-order valence-corrected chi connectivity index (χ1v) is 10.0. The van der Waals surface area contributed by atoms with Gasteiger partial charge >= 0.3 is 0 Å². The van der Waals surface area contributed by atoms with E-state index in [0.717, 1.165) is 29.5 Å². The molecule has 2 aromatic rings. The number of aromatic nitrogens is 3. The van der Waals surface area contributed by atoms with Crippen molar-refractivity contribution in [2.45, 2.75) is 63.7 Å². The van der Waals surface area contributed by atoms with Crippen molar-refractivity contribution in [1.82, 2.24) is 20.1 Å². The van der Waals surface area contributed by atoms with Gasteiger partial charge in [0.15, 0.2) is 5.16 Å². The second-order valence-corrected chi connectivity index (χ2v) is 7.53. The minimum atomic E-state index is 0.0380. The quantitative estimate of drug-likeness (QED) is 0.728. The first-order valence-electron chi connectivity index (χ1n) is 9.04. The second kappa shape index (κ2) is 8.04. The van der Waals surface area contributed by atoms with Crippen LogP contribution in [-0.2, 0) is 11.3 Å². The van der Waals surface area contributed by atoms with E-state index in [1.165, 1.54) is 30.2 Å². The molecular weight excluding hydrogens is 332 g/mol. The number of rotatable bonds is 8. The molecule has 25 heavy (non-hydrogen) atoms. The third kappa shape index (κ3) is 4.42. The van der Waals surface area contributed by atoms with Gasteiger partial charge in [-0.25, -0.2) is 0 Å². The zero-order chi connectivity index (χ0) is 17.8. The number of aryl methyl sites for hydroxylation is 1. The molecule has 3 rings (SSSR count). The first-order chi connectivity index (χ1) is 12.1. The van der Waals surface area contributed by atoms with Crippen molar-refractivity contribution in [2.24, 2.45) is 0 Å². The highest BCUT2D eigenvalue weighted by Crippen LogP contribution is 2.39. The van der Waals surface area contributed by atoms with E-state index in [2.05, 4.69) is 65.1 Å². The number of benzene rings is 1. The molecule has 1 aromatic carbocycles.